The van der Waals surface area contributed by atoms with Gasteiger partial charge in [-0.15, -0.1) is 0 Å². The van der Waals surface area contributed by atoms with E-state index in [0.717, 1.165) is 11.1 Å². The Morgan fingerprint density at radius 3 is 2.30 bits per heavy atom. The van der Waals surface area contributed by atoms with Crippen molar-refractivity contribution in [3.8, 4) is 17.0 Å². The van der Waals surface area contributed by atoms with Crippen LogP contribution in [-0.2, 0) is 31.6 Å². The molecule has 0 unspecified atom stereocenters. The monoisotopic (exact) mass is 590 g/mol. The molecule has 0 saturated heterocycles. The van der Waals surface area contributed by atoms with E-state index < -0.39 is 7.82 Å². The van der Waals surface area contributed by atoms with Crippen molar-refractivity contribution in [2.45, 2.75) is 46.1 Å². The van der Waals surface area contributed by atoms with Crippen molar-refractivity contribution in [3.05, 3.63) is 70.6 Å². The molecule has 3 aromatic rings. The third kappa shape index (κ3) is 8.59. The van der Waals surface area contributed by atoms with Gasteiger partial charge < -0.3 is 9.30 Å². The lowest BCUT2D eigenvalue weighted by atomic mass is 9.89. The van der Waals surface area contributed by atoms with Gasteiger partial charge in [0.2, 0.25) is 0 Å². The summed E-state index contributed by atoms with van der Waals surface area (Å²) in [6.45, 7) is 5.37. The van der Waals surface area contributed by atoms with Gasteiger partial charge in [-0.2, -0.15) is 0 Å². The molecule has 216 valence electrons. The van der Waals surface area contributed by atoms with E-state index in [9.17, 15) is 14.2 Å². The van der Waals surface area contributed by atoms with Crippen molar-refractivity contribution >= 4 is 31.0 Å². The summed E-state index contributed by atoms with van der Waals surface area (Å²) >= 11 is 6.36. The summed E-state index contributed by atoms with van der Waals surface area (Å²) in [5, 5.41) is 0.374. The van der Waals surface area contributed by atoms with Gasteiger partial charge in [0.05, 0.1) is 23.4 Å². The van der Waals surface area contributed by atoms with E-state index in [1.807, 2.05) is 44.3 Å². The maximum Gasteiger partial charge on any atom is 0.474 e. The van der Waals surface area contributed by atoms with E-state index in [-0.39, 0.29) is 36.6 Å². The third-order valence-corrected chi connectivity index (χ3v) is 7.97. The van der Waals surface area contributed by atoms with Crippen molar-refractivity contribution in [1.82, 2.24) is 9.55 Å². The molecule has 0 spiro atoms. The topological polar surface area (TPSA) is 106 Å². The SMILES string of the molecule is COP(=O)(OC)OCC[C@@H](CC(=O)c1ccc(OC(C)C)c(Cl)c1)Cc1ccc(-c2cn(C)c(C(C)=O)n2)cc1. The lowest BCUT2D eigenvalue weighted by molar-refractivity contribution is 0.0947. The number of benzene rings is 2. The standard InChI is InChI=1S/C29H36ClN2O7P/c1-19(2)39-28-12-11-24(17-25(28)30)27(34)16-22(13-14-38-40(35,36-5)37-6)15-21-7-9-23(10-8-21)26-18-32(4)29(31-26)20(3)33/h7-12,17-19,22H,13-16H2,1-6H3/t22-/m1/s1. The number of hydrogen-bond donors (Lipinski definition) is 0. The lowest BCUT2D eigenvalue weighted by Crippen LogP contribution is -2.14. The number of hydrogen-bond acceptors (Lipinski definition) is 8. The molecule has 0 aliphatic heterocycles. The maximum atomic E-state index is 13.2. The molecule has 1 atom stereocenters. The van der Waals surface area contributed by atoms with Crippen LogP contribution in [0.25, 0.3) is 11.3 Å². The molecule has 3 rings (SSSR count). The number of Topliss-reactive ketones (excluding diaryl/α,β-unsaturated/α-hetero) is 2. The average Bonchev–Trinajstić information content (AvgIpc) is 3.31. The molecular formula is C29H36ClN2O7P. The third-order valence-electron chi connectivity index (χ3n) is 6.28. The summed E-state index contributed by atoms with van der Waals surface area (Å²) < 4.78 is 34.8. The zero-order valence-corrected chi connectivity index (χ0v) is 25.3. The molecule has 0 N–H and O–H groups in total. The molecule has 11 heteroatoms. The van der Waals surface area contributed by atoms with Crippen molar-refractivity contribution in [1.29, 1.82) is 0 Å². The first-order valence-electron chi connectivity index (χ1n) is 12.9. The number of carbonyl (C=O) groups is 2. The van der Waals surface area contributed by atoms with E-state index in [1.165, 1.54) is 21.1 Å². The molecule has 2 aromatic carbocycles. The largest absolute Gasteiger partial charge is 0.489 e. The highest BCUT2D eigenvalue weighted by Gasteiger charge is 2.24. The van der Waals surface area contributed by atoms with Crippen LogP contribution in [-0.4, -0.2) is 48.0 Å². The Balaban J connectivity index is 1.76. The van der Waals surface area contributed by atoms with Crippen LogP contribution >= 0.6 is 19.4 Å². The second kappa shape index (κ2) is 14.2. The number of rotatable bonds is 15. The summed E-state index contributed by atoms with van der Waals surface area (Å²) in [5.74, 6) is 0.606. The van der Waals surface area contributed by atoms with Crippen LogP contribution in [0, 0.1) is 5.92 Å². The van der Waals surface area contributed by atoms with Gasteiger partial charge >= 0.3 is 7.82 Å². The van der Waals surface area contributed by atoms with Crippen molar-refractivity contribution in [2.75, 3.05) is 20.8 Å². The molecule has 1 heterocycles. The average molecular weight is 591 g/mol. The van der Waals surface area contributed by atoms with Crippen LogP contribution in [0.4, 0.5) is 0 Å². The summed E-state index contributed by atoms with van der Waals surface area (Å²) in [5.41, 5.74) is 3.07. The number of phosphoric ester groups is 1. The van der Waals surface area contributed by atoms with E-state index in [0.29, 0.717) is 40.7 Å². The summed E-state index contributed by atoms with van der Waals surface area (Å²) in [6.07, 6.45) is 3.01. The van der Waals surface area contributed by atoms with Gasteiger partial charge in [-0.1, -0.05) is 35.9 Å². The fourth-order valence-corrected chi connectivity index (χ4v) is 5.18. The van der Waals surface area contributed by atoms with Crippen LogP contribution in [0.15, 0.2) is 48.7 Å². The van der Waals surface area contributed by atoms with Crippen LogP contribution in [0.1, 0.15) is 60.2 Å². The Morgan fingerprint density at radius 1 is 1.07 bits per heavy atom. The Labute approximate surface area is 240 Å². The minimum Gasteiger partial charge on any atom is -0.489 e. The van der Waals surface area contributed by atoms with Crippen molar-refractivity contribution < 1.29 is 32.5 Å². The minimum atomic E-state index is -3.64. The maximum absolute atomic E-state index is 13.2. The first-order valence-corrected chi connectivity index (χ1v) is 14.8. The van der Waals surface area contributed by atoms with Crippen molar-refractivity contribution in [2.24, 2.45) is 13.0 Å². The van der Waals surface area contributed by atoms with Gasteiger partial charge in [-0.3, -0.25) is 23.2 Å². The second-order valence-corrected chi connectivity index (χ2v) is 12.0. The molecule has 0 amide bonds. The Bertz CT molecular complexity index is 1360. The Morgan fingerprint density at radius 2 is 1.75 bits per heavy atom. The predicted octanol–water partition coefficient (Wildman–Crippen LogP) is 6.97. The quantitative estimate of drug-likeness (QED) is 0.138. The number of carbonyl (C=O) groups excluding carboxylic acids is 2. The van der Waals surface area contributed by atoms with E-state index in [4.69, 9.17) is 29.9 Å². The molecule has 0 bridgehead atoms. The normalized spacial score (nSPS) is 12.5. The lowest BCUT2D eigenvalue weighted by Gasteiger charge is -2.19. The van der Waals surface area contributed by atoms with Crippen LogP contribution < -0.4 is 4.74 Å². The Hall–Kier alpha value is -2.81. The van der Waals surface area contributed by atoms with Crippen molar-refractivity contribution in [3.63, 3.8) is 0 Å². The number of halogens is 1. The fraction of sp³-hybridized carbons (Fsp3) is 0.414. The van der Waals surface area contributed by atoms with E-state index >= 15 is 0 Å². The summed E-state index contributed by atoms with van der Waals surface area (Å²) in [6, 6.07) is 12.9. The van der Waals surface area contributed by atoms with Gasteiger partial charge in [0, 0.05) is 51.9 Å². The van der Waals surface area contributed by atoms with E-state index in [2.05, 4.69) is 4.98 Å². The highest BCUT2D eigenvalue weighted by Crippen LogP contribution is 2.47. The second-order valence-electron chi connectivity index (χ2n) is 9.76. The summed E-state index contributed by atoms with van der Waals surface area (Å²) in [4.78, 5) is 29.5. The van der Waals surface area contributed by atoms with E-state index in [1.54, 1.807) is 29.8 Å². The molecule has 0 radical (unpaired) electrons. The van der Waals surface area contributed by atoms with Gasteiger partial charge in [-0.25, -0.2) is 9.55 Å². The van der Waals surface area contributed by atoms with Crippen LogP contribution in [0.2, 0.25) is 5.02 Å². The first-order chi connectivity index (χ1) is 18.9. The first kappa shape index (κ1) is 31.7. The minimum absolute atomic E-state index is 0.0427. The molecule has 0 fully saturated rings. The van der Waals surface area contributed by atoms with Gasteiger partial charge in [-0.05, 0) is 56.4 Å². The molecule has 0 saturated carbocycles. The smallest absolute Gasteiger partial charge is 0.474 e. The molecular weight excluding hydrogens is 555 g/mol. The van der Waals surface area contributed by atoms with Gasteiger partial charge in [0.1, 0.15) is 5.75 Å². The zero-order chi connectivity index (χ0) is 29.4. The number of imidazole rings is 1. The molecule has 9 nitrogen and oxygen atoms in total. The number of ketones is 2. The molecule has 40 heavy (non-hydrogen) atoms. The fourth-order valence-electron chi connectivity index (χ4n) is 4.27. The number of nitrogens with zero attached hydrogens (tertiary/aromatic N) is 2. The van der Waals surface area contributed by atoms with Crippen LogP contribution in [0.3, 0.4) is 0 Å². The number of aromatic nitrogens is 2. The molecule has 1 aromatic heterocycles. The van der Waals surface area contributed by atoms with Gasteiger partial charge in [0.25, 0.3) is 0 Å². The Kier molecular flexibility index (Phi) is 11.3. The number of aryl methyl sites for hydroxylation is 1. The molecule has 0 aliphatic rings. The number of ether oxygens (including phenoxy) is 1. The highest BCUT2D eigenvalue weighted by molar-refractivity contribution is 7.48. The number of phosphoric acid groups is 1. The van der Waals surface area contributed by atoms with Gasteiger partial charge in [0.15, 0.2) is 17.4 Å². The predicted molar refractivity (Wildman–Crippen MR) is 154 cm³/mol. The summed E-state index contributed by atoms with van der Waals surface area (Å²) in [7, 11) is 0.660. The zero-order valence-electron chi connectivity index (χ0n) is 23.7. The van der Waals surface area contributed by atoms with Crippen LogP contribution in [0.5, 0.6) is 5.75 Å². The molecule has 0 aliphatic carbocycles. The highest BCUT2D eigenvalue weighted by atomic mass is 35.5.